The van der Waals surface area contributed by atoms with Gasteiger partial charge in [-0.25, -0.2) is 4.79 Å². The number of hydrogen-bond donors (Lipinski definition) is 3. The maximum absolute atomic E-state index is 12.1. The van der Waals surface area contributed by atoms with Gasteiger partial charge < -0.3 is 20.5 Å². The predicted molar refractivity (Wildman–Crippen MR) is 89.7 cm³/mol. The molecule has 3 rings (SSSR count). The van der Waals surface area contributed by atoms with Crippen molar-refractivity contribution in [1.82, 2.24) is 20.1 Å². The lowest BCUT2D eigenvalue weighted by Gasteiger charge is -2.11. The van der Waals surface area contributed by atoms with Crippen LogP contribution in [0.4, 0.5) is 16.2 Å². The van der Waals surface area contributed by atoms with Crippen LogP contribution in [0, 0.1) is 6.92 Å². The quantitative estimate of drug-likeness (QED) is 0.797. The molecule has 2 heterocycles. The van der Waals surface area contributed by atoms with Crippen LogP contribution < -0.4 is 16.0 Å². The molecule has 126 valence electrons. The second-order valence-electron chi connectivity index (χ2n) is 5.81. The summed E-state index contributed by atoms with van der Waals surface area (Å²) < 4.78 is 2.04. The molecule has 0 fully saturated rings. The molecule has 0 aliphatic carbocycles. The molecule has 1 aliphatic rings. The monoisotopic (exact) mass is 328 g/mol. The molecule has 0 radical (unpaired) electrons. The minimum Gasteiger partial charge on any atom is -0.331 e. The summed E-state index contributed by atoms with van der Waals surface area (Å²) in [5.41, 5.74) is 2.21. The van der Waals surface area contributed by atoms with Crippen molar-refractivity contribution >= 4 is 23.3 Å². The first-order valence-corrected chi connectivity index (χ1v) is 7.87. The molecule has 8 nitrogen and oxygen atoms in total. The van der Waals surface area contributed by atoms with Crippen LogP contribution in [-0.4, -0.2) is 26.7 Å². The van der Waals surface area contributed by atoms with E-state index in [4.69, 9.17) is 0 Å². The minimum absolute atomic E-state index is 0.152. The molecule has 0 atom stereocenters. The maximum atomic E-state index is 12.1. The number of nitrogens with zero attached hydrogens (tertiary/aromatic N) is 3. The van der Waals surface area contributed by atoms with Gasteiger partial charge in [0.25, 0.3) is 0 Å². The first kappa shape index (κ1) is 16.0. The number of aromatic nitrogens is 3. The molecule has 0 saturated carbocycles. The van der Waals surface area contributed by atoms with Gasteiger partial charge in [0.2, 0.25) is 5.91 Å². The van der Waals surface area contributed by atoms with Crippen LogP contribution in [0.3, 0.4) is 0 Å². The number of benzene rings is 1. The molecule has 3 N–H and O–H groups in total. The standard InChI is InChI=1S/C16H20N6O2/c1-10-5-6-12(8-13(10)18-11(2)23)19-16(24)17-9-15-21-20-14-4-3-7-22(14)15/h5-6,8H,3-4,7,9H2,1-2H3,(H,18,23)(H2,17,19,24). The third-order valence-corrected chi connectivity index (χ3v) is 3.90. The van der Waals surface area contributed by atoms with E-state index in [1.165, 1.54) is 6.92 Å². The second-order valence-corrected chi connectivity index (χ2v) is 5.81. The Labute approximate surface area is 139 Å². The third-order valence-electron chi connectivity index (χ3n) is 3.90. The van der Waals surface area contributed by atoms with E-state index in [1.54, 1.807) is 12.1 Å². The summed E-state index contributed by atoms with van der Waals surface area (Å²) in [7, 11) is 0. The topological polar surface area (TPSA) is 101 Å². The normalized spacial score (nSPS) is 12.6. The Morgan fingerprint density at radius 3 is 2.88 bits per heavy atom. The molecule has 2 aromatic rings. The van der Waals surface area contributed by atoms with Crippen molar-refractivity contribution in [2.24, 2.45) is 0 Å². The molecule has 24 heavy (non-hydrogen) atoms. The number of rotatable bonds is 4. The fraction of sp³-hybridized carbons (Fsp3) is 0.375. The lowest BCUT2D eigenvalue weighted by Crippen LogP contribution is -2.29. The van der Waals surface area contributed by atoms with E-state index in [9.17, 15) is 9.59 Å². The van der Waals surface area contributed by atoms with Crippen molar-refractivity contribution in [3.05, 3.63) is 35.4 Å². The molecular weight excluding hydrogens is 308 g/mol. The highest BCUT2D eigenvalue weighted by Crippen LogP contribution is 2.20. The molecule has 8 heteroatoms. The molecule has 3 amide bonds. The summed E-state index contributed by atoms with van der Waals surface area (Å²) in [5.74, 6) is 1.59. The first-order chi connectivity index (χ1) is 11.5. The van der Waals surface area contributed by atoms with Crippen molar-refractivity contribution in [3.63, 3.8) is 0 Å². The van der Waals surface area contributed by atoms with Crippen LogP contribution in [0.2, 0.25) is 0 Å². The van der Waals surface area contributed by atoms with E-state index in [-0.39, 0.29) is 11.9 Å². The van der Waals surface area contributed by atoms with Gasteiger partial charge in [-0.1, -0.05) is 6.07 Å². The fourth-order valence-electron chi connectivity index (χ4n) is 2.70. The van der Waals surface area contributed by atoms with Gasteiger partial charge in [-0.15, -0.1) is 10.2 Å². The number of urea groups is 1. The number of amides is 3. The molecule has 1 aromatic heterocycles. The van der Waals surface area contributed by atoms with Crippen LogP contribution in [0.1, 0.15) is 30.6 Å². The molecule has 0 saturated heterocycles. The van der Waals surface area contributed by atoms with Crippen molar-refractivity contribution < 1.29 is 9.59 Å². The van der Waals surface area contributed by atoms with Crippen LogP contribution in [0.25, 0.3) is 0 Å². The Morgan fingerprint density at radius 1 is 1.25 bits per heavy atom. The van der Waals surface area contributed by atoms with Gasteiger partial charge in [-0.2, -0.15) is 0 Å². The Bertz CT molecular complexity index is 783. The second kappa shape index (κ2) is 6.69. The molecule has 0 spiro atoms. The van der Waals surface area contributed by atoms with Gasteiger partial charge in [-0.3, -0.25) is 4.79 Å². The van der Waals surface area contributed by atoms with Crippen molar-refractivity contribution in [1.29, 1.82) is 0 Å². The summed E-state index contributed by atoms with van der Waals surface area (Å²) in [6.07, 6.45) is 2.01. The SMILES string of the molecule is CC(=O)Nc1cc(NC(=O)NCc2nnc3n2CCC3)ccc1C. The van der Waals surface area contributed by atoms with E-state index in [0.29, 0.717) is 17.9 Å². The maximum Gasteiger partial charge on any atom is 0.319 e. The summed E-state index contributed by atoms with van der Waals surface area (Å²) in [6, 6.07) is 5.02. The minimum atomic E-state index is -0.331. The number of hydrogen-bond acceptors (Lipinski definition) is 4. The highest BCUT2D eigenvalue weighted by Gasteiger charge is 2.17. The van der Waals surface area contributed by atoms with E-state index < -0.39 is 0 Å². The van der Waals surface area contributed by atoms with Gasteiger partial charge in [0.05, 0.1) is 6.54 Å². The summed E-state index contributed by atoms with van der Waals surface area (Å²) in [4.78, 5) is 23.3. The van der Waals surface area contributed by atoms with Gasteiger partial charge >= 0.3 is 6.03 Å². The fourth-order valence-corrected chi connectivity index (χ4v) is 2.70. The number of anilines is 2. The van der Waals surface area contributed by atoms with E-state index in [2.05, 4.69) is 26.1 Å². The zero-order chi connectivity index (χ0) is 17.1. The van der Waals surface area contributed by atoms with Crippen LogP contribution in [-0.2, 0) is 24.3 Å². The van der Waals surface area contributed by atoms with E-state index in [0.717, 1.165) is 36.6 Å². The van der Waals surface area contributed by atoms with E-state index >= 15 is 0 Å². The van der Waals surface area contributed by atoms with Crippen molar-refractivity contribution in [3.8, 4) is 0 Å². The van der Waals surface area contributed by atoms with Crippen molar-refractivity contribution in [2.75, 3.05) is 10.6 Å². The Morgan fingerprint density at radius 2 is 2.08 bits per heavy atom. The smallest absolute Gasteiger partial charge is 0.319 e. The average Bonchev–Trinajstić information content (AvgIpc) is 3.12. The lowest BCUT2D eigenvalue weighted by atomic mass is 10.2. The number of carbonyl (C=O) groups excluding carboxylic acids is 2. The Kier molecular flexibility index (Phi) is 4.45. The number of aryl methyl sites for hydroxylation is 2. The summed E-state index contributed by atoms with van der Waals surface area (Å²) in [6.45, 7) is 4.56. The summed E-state index contributed by atoms with van der Waals surface area (Å²) >= 11 is 0. The largest absolute Gasteiger partial charge is 0.331 e. The predicted octanol–water partition coefficient (Wildman–Crippen LogP) is 1.81. The van der Waals surface area contributed by atoms with Gasteiger partial charge in [0, 0.05) is 31.3 Å². The Hall–Kier alpha value is -2.90. The van der Waals surface area contributed by atoms with Crippen molar-refractivity contribution in [2.45, 2.75) is 39.8 Å². The highest BCUT2D eigenvalue weighted by atomic mass is 16.2. The van der Waals surface area contributed by atoms with Crippen LogP contribution in [0.5, 0.6) is 0 Å². The van der Waals surface area contributed by atoms with E-state index in [1.807, 2.05) is 17.6 Å². The average molecular weight is 328 g/mol. The molecule has 0 unspecified atom stereocenters. The van der Waals surface area contributed by atoms with Crippen LogP contribution >= 0.6 is 0 Å². The lowest BCUT2D eigenvalue weighted by molar-refractivity contribution is -0.114. The molecule has 1 aliphatic heterocycles. The zero-order valence-corrected chi connectivity index (χ0v) is 13.7. The summed E-state index contributed by atoms with van der Waals surface area (Å²) in [5, 5.41) is 16.5. The first-order valence-electron chi connectivity index (χ1n) is 7.87. The number of nitrogens with one attached hydrogen (secondary N) is 3. The Balaban J connectivity index is 1.59. The number of fused-ring (bicyclic) bond motifs is 1. The molecule has 0 bridgehead atoms. The number of carbonyl (C=O) groups is 2. The van der Waals surface area contributed by atoms with Gasteiger partial charge in [0.15, 0.2) is 5.82 Å². The zero-order valence-electron chi connectivity index (χ0n) is 13.7. The third kappa shape index (κ3) is 3.53. The molecule has 1 aromatic carbocycles. The molecular formula is C16H20N6O2. The van der Waals surface area contributed by atoms with Gasteiger partial charge in [0.1, 0.15) is 5.82 Å². The van der Waals surface area contributed by atoms with Crippen LogP contribution in [0.15, 0.2) is 18.2 Å². The highest BCUT2D eigenvalue weighted by molar-refractivity contribution is 5.93. The van der Waals surface area contributed by atoms with Gasteiger partial charge in [-0.05, 0) is 31.0 Å².